The van der Waals surface area contributed by atoms with E-state index in [9.17, 15) is 9.90 Å². The average Bonchev–Trinajstić information content (AvgIpc) is 2.73. The summed E-state index contributed by atoms with van der Waals surface area (Å²) in [4.78, 5) is 17.6. The van der Waals surface area contributed by atoms with Gasteiger partial charge >= 0.3 is 5.97 Å². The zero-order chi connectivity index (χ0) is 14.0. The molecule has 4 nitrogen and oxygen atoms in total. The van der Waals surface area contributed by atoms with Crippen molar-refractivity contribution in [3.8, 4) is 0 Å². The number of hydrogen-bond acceptors (Lipinski definition) is 4. The van der Waals surface area contributed by atoms with E-state index in [1.807, 2.05) is 30.3 Å². The van der Waals surface area contributed by atoms with Gasteiger partial charge in [0.1, 0.15) is 0 Å². The predicted molar refractivity (Wildman–Crippen MR) is 80.1 cm³/mol. The average molecular weight is 341 g/mol. The third-order valence-electron chi connectivity index (χ3n) is 2.68. The topological polar surface area (TPSA) is 53.4 Å². The minimum atomic E-state index is -0.941. The number of aromatic nitrogens is 1. The van der Waals surface area contributed by atoms with Gasteiger partial charge in [0.25, 0.3) is 0 Å². The Morgan fingerprint density at radius 2 is 2.26 bits per heavy atom. The largest absolute Gasteiger partial charge is 0.478 e. The van der Waals surface area contributed by atoms with Crippen LogP contribution in [0.2, 0.25) is 0 Å². The molecular formula is C13H13BrN2O2S. The molecule has 1 aromatic heterocycles. The number of aromatic carboxylic acids is 1. The van der Waals surface area contributed by atoms with E-state index in [1.54, 1.807) is 23.5 Å². The molecule has 100 valence electrons. The lowest BCUT2D eigenvalue weighted by Crippen LogP contribution is -2.19. The van der Waals surface area contributed by atoms with Crippen LogP contribution in [0.1, 0.15) is 21.1 Å². The van der Waals surface area contributed by atoms with Gasteiger partial charge in [0.05, 0.1) is 28.5 Å². The van der Waals surface area contributed by atoms with Gasteiger partial charge in [-0.15, -0.1) is 11.3 Å². The highest BCUT2D eigenvalue weighted by Crippen LogP contribution is 2.28. The van der Waals surface area contributed by atoms with Crippen LogP contribution in [0, 0.1) is 6.92 Å². The molecule has 1 aromatic carbocycles. The molecule has 0 bridgehead atoms. The van der Waals surface area contributed by atoms with Crippen molar-refractivity contribution in [2.45, 2.75) is 13.5 Å². The van der Waals surface area contributed by atoms with Crippen LogP contribution < -0.4 is 4.90 Å². The molecule has 0 amide bonds. The maximum absolute atomic E-state index is 11.3. The van der Waals surface area contributed by atoms with Gasteiger partial charge in [-0.25, -0.2) is 9.78 Å². The molecule has 0 aliphatic carbocycles. The zero-order valence-corrected chi connectivity index (χ0v) is 13.0. The Hall–Kier alpha value is -1.40. The summed E-state index contributed by atoms with van der Waals surface area (Å²) >= 11 is 4.88. The number of carbonyl (C=O) groups is 1. The van der Waals surface area contributed by atoms with Gasteiger partial charge in [-0.05, 0) is 35.0 Å². The van der Waals surface area contributed by atoms with Crippen molar-refractivity contribution >= 4 is 38.9 Å². The third kappa shape index (κ3) is 3.13. The van der Waals surface area contributed by atoms with Crippen LogP contribution in [-0.4, -0.2) is 23.1 Å². The third-order valence-corrected chi connectivity index (χ3v) is 4.17. The number of thiazole rings is 1. The molecule has 1 N–H and O–H groups in total. The zero-order valence-electron chi connectivity index (χ0n) is 10.6. The molecule has 0 saturated heterocycles. The summed E-state index contributed by atoms with van der Waals surface area (Å²) in [5.74, 6) is -0.941. The molecule has 0 atom stereocenters. The van der Waals surface area contributed by atoms with Crippen molar-refractivity contribution in [2.75, 3.05) is 11.9 Å². The first kappa shape index (κ1) is 14.0. The van der Waals surface area contributed by atoms with Gasteiger partial charge in [-0.2, -0.15) is 0 Å². The summed E-state index contributed by atoms with van der Waals surface area (Å²) < 4.78 is 0.582. The van der Waals surface area contributed by atoms with Gasteiger partial charge in [0.2, 0.25) is 0 Å². The molecule has 2 rings (SSSR count). The van der Waals surface area contributed by atoms with Gasteiger partial charge in [0, 0.05) is 16.9 Å². The molecule has 0 aliphatic heterocycles. The second-order valence-electron chi connectivity index (χ2n) is 4.15. The molecular weight excluding hydrogens is 328 g/mol. The number of nitrogens with zero attached hydrogens (tertiary/aromatic N) is 2. The number of carboxylic acids is 1. The lowest BCUT2D eigenvalue weighted by atomic mass is 10.1. The van der Waals surface area contributed by atoms with Crippen LogP contribution in [0.3, 0.4) is 0 Å². The van der Waals surface area contributed by atoms with E-state index in [0.717, 1.165) is 10.7 Å². The van der Waals surface area contributed by atoms with E-state index in [0.29, 0.717) is 16.7 Å². The van der Waals surface area contributed by atoms with E-state index in [4.69, 9.17) is 0 Å². The van der Waals surface area contributed by atoms with Gasteiger partial charge in [-0.1, -0.05) is 6.07 Å². The van der Waals surface area contributed by atoms with Crippen molar-refractivity contribution in [1.82, 2.24) is 4.98 Å². The molecule has 0 spiro atoms. The van der Waals surface area contributed by atoms with Gasteiger partial charge < -0.3 is 10.0 Å². The van der Waals surface area contributed by atoms with Gasteiger partial charge in [-0.3, -0.25) is 0 Å². The van der Waals surface area contributed by atoms with E-state index in [2.05, 4.69) is 20.9 Å². The van der Waals surface area contributed by atoms with E-state index >= 15 is 0 Å². The number of carboxylic acid groups (broad SMARTS) is 1. The van der Waals surface area contributed by atoms with E-state index < -0.39 is 5.97 Å². The van der Waals surface area contributed by atoms with Crippen molar-refractivity contribution < 1.29 is 9.90 Å². The Morgan fingerprint density at radius 3 is 2.84 bits per heavy atom. The van der Waals surface area contributed by atoms with Crippen LogP contribution in [-0.2, 0) is 6.54 Å². The molecule has 0 unspecified atom stereocenters. The lowest BCUT2D eigenvalue weighted by Gasteiger charge is -2.20. The van der Waals surface area contributed by atoms with Crippen molar-refractivity contribution in [2.24, 2.45) is 0 Å². The first-order valence-electron chi connectivity index (χ1n) is 5.63. The van der Waals surface area contributed by atoms with Crippen LogP contribution in [0.5, 0.6) is 0 Å². The van der Waals surface area contributed by atoms with Crippen molar-refractivity contribution in [3.63, 3.8) is 0 Å². The maximum Gasteiger partial charge on any atom is 0.338 e. The highest BCUT2D eigenvalue weighted by atomic mass is 79.9. The molecule has 2 aromatic rings. The Morgan fingerprint density at radius 1 is 1.53 bits per heavy atom. The minimum absolute atomic E-state index is 0.275. The molecule has 6 heteroatoms. The number of anilines is 1. The standard InChI is InChI=1S/C13H13BrN2O2S/c1-8-15-9(7-19-8)6-16(2)11-5-3-4-10(14)12(11)13(17)18/h3-5,7H,6H2,1-2H3,(H,17,18). The SMILES string of the molecule is Cc1nc(CN(C)c2cccc(Br)c2C(=O)O)cs1. The minimum Gasteiger partial charge on any atom is -0.478 e. The van der Waals surface area contributed by atoms with E-state index in [1.165, 1.54) is 0 Å². The van der Waals surface area contributed by atoms with Crippen LogP contribution in [0.15, 0.2) is 28.1 Å². The summed E-state index contributed by atoms with van der Waals surface area (Å²) in [6.45, 7) is 2.54. The molecule has 0 radical (unpaired) electrons. The first-order chi connectivity index (χ1) is 8.99. The smallest absolute Gasteiger partial charge is 0.338 e. The second-order valence-corrected chi connectivity index (χ2v) is 6.07. The number of aryl methyl sites for hydroxylation is 1. The van der Waals surface area contributed by atoms with Crippen molar-refractivity contribution in [3.05, 3.63) is 44.3 Å². The summed E-state index contributed by atoms with van der Waals surface area (Å²) in [5.41, 5.74) is 1.89. The fraction of sp³-hybridized carbons (Fsp3) is 0.231. The Kier molecular flexibility index (Phi) is 4.21. The summed E-state index contributed by atoms with van der Waals surface area (Å²) in [5, 5.41) is 12.3. The highest BCUT2D eigenvalue weighted by molar-refractivity contribution is 9.10. The summed E-state index contributed by atoms with van der Waals surface area (Å²) in [6, 6.07) is 5.36. The number of hydrogen-bond donors (Lipinski definition) is 1. The Labute approximate surface area is 123 Å². The number of benzene rings is 1. The van der Waals surface area contributed by atoms with Gasteiger partial charge in [0.15, 0.2) is 0 Å². The molecule has 1 heterocycles. The monoisotopic (exact) mass is 340 g/mol. The Bertz CT molecular complexity index is 612. The summed E-state index contributed by atoms with van der Waals surface area (Å²) in [7, 11) is 1.86. The quantitative estimate of drug-likeness (QED) is 0.924. The van der Waals surface area contributed by atoms with Crippen LogP contribution in [0.4, 0.5) is 5.69 Å². The van der Waals surface area contributed by atoms with E-state index in [-0.39, 0.29) is 5.56 Å². The highest BCUT2D eigenvalue weighted by Gasteiger charge is 2.17. The maximum atomic E-state index is 11.3. The number of halogens is 1. The van der Waals surface area contributed by atoms with Crippen LogP contribution >= 0.6 is 27.3 Å². The normalized spacial score (nSPS) is 10.5. The Balaban J connectivity index is 2.31. The van der Waals surface area contributed by atoms with Crippen molar-refractivity contribution in [1.29, 1.82) is 0 Å². The van der Waals surface area contributed by atoms with Crippen LogP contribution in [0.25, 0.3) is 0 Å². The second kappa shape index (κ2) is 5.71. The lowest BCUT2D eigenvalue weighted by molar-refractivity contribution is 0.0696. The molecule has 0 saturated carbocycles. The molecule has 19 heavy (non-hydrogen) atoms. The summed E-state index contributed by atoms with van der Waals surface area (Å²) in [6.07, 6.45) is 0. The number of rotatable bonds is 4. The fourth-order valence-corrected chi connectivity index (χ4v) is 2.98. The first-order valence-corrected chi connectivity index (χ1v) is 7.30. The molecule has 0 aliphatic rings. The molecule has 0 fully saturated rings. The fourth-order valence-electron chi connectivity index (χ4n) is 1.85. The predicted octanol–water partition coefficient (Wildman–Crippen LogP) is 3.55.